The van der Waals surface area contributed by atoms with Gasteiger partial charge in [0.25, 0.3) is 5.91 Å². The van der Waals surface area contributed by atoms with Crippen LogP contribution in [0.4, 0.5) is 0 Å². The van der Waals surface area contributed by atoms with Gasteiger partial charge in [0.2, 0.25) is 5.91 Å². The Morgan fingerprint density at radius 2 is 1.63 bits per heavy atom. The third-order valence-electron chi connectivity index (χ3n) is 6.48. The normalized spacial score (nSPS) is 16.9. The van der Waals surface area contributed by atoms with Gasteiger partial charge in [0.1, 0.15) is 5.75 Å². The molecule has 1 N–H and O–H groups in total. The van der Waals surface area contributed by atoms with Crippen LogP contribution in [0.5, 0.6) is 17.2 Å². The predicted molar refractivity (Wildman–Crippen MR) is 133 cm³/mol. The van der Waals surface area contributed by atoms with E-state index in [0.29, 0.717) is 30.0 Å². The molecular formula is C28H30N2O5. The van der Waals surface area contributed by atoms with Crippen molar-refractivity contribution in [3.63, 3.8) is 0 Å². The van der Waals surface area contributed by atoms with Crippen molar-refractivity contribution in [1.82, 2.24) is 10.2 Å². The van der Waals surface area contributed by atoms with Crippen LogP contribution in [-0.2, 0) is 11.2 Å². The fraction of sp³-hybridized carbons (Fsp3) is 0.286. The number of nitrogens with zero attached hydrogens (tertiary/aromatic N) is 1. The number of fused-ring (bicyclic) bond motifs is 1. The first-order valence-corrected chi connectivity index (χ1v) is 11.5. The first-order valence-electron chi connectivity index (χ1n) is 11.5. The molecule has 3 aromatic carbocycles. The van der Waals surface area contributed by atoms with E-state index in [0.717, 1.165) is 22.4 Å². The lowest BCUT2D eigenvalue weighted by molar-refractivity contribution is -0.124. The van der Waals surface area contributed by atoms with E-state index in [1.807, 2.05) is 60.7 Å². The molecule has 0 unspecified atom stereocenters. The monoisotopic (exact) mass is 474 g/mol. The standard InChI is InChI=1S/C28H30N2O5/c1-30-26(19-10-12-20(33-2)13-11-19)25(21-7-5-6-8-22(21)28(30)32)27(31)29-16-15-18-9-14-23(34-3)24(17-18)35-4/h5-14,17,25-26H,15-16H2,1-4H3,(H,29,31)/t25-,26+/m0/s1. The van der Waals surface area contributed by atoms with Crippen molar-refractivity contribution in [3.05, 3.63) is 89.0 Å². The zero-order chi connectivity index (χ0) is 24.9. The second kappa shape index (κ2) is 10.5. The maximum Gasteiger partial charge on any atom is 0.254 e. The van der Waals surface area contributed by atoms with E-state index in [-0.39, 0.29) is 11.8 Å². The summed E-state index contributed by atoms with van der Waals surface area (Å²) in [5, 5.41) is 3.09. The number of hydrogen-bond acceptors (Lipinski definition) is 5. The minimum Gasteiger partial charge on any atom is -0.497 e. The average Bonchev–Trinajstić information content (AvgIpc) is 2.90. The number of methoxy groups -OCH3 is 3. The summed E-state index contributed by atoms with van der Waals surface area (Å²) in [5.74, 6) is 1.25. The maximum absolute atomic E-state index is 13.6. The molecule has 2 amide bonds. The van der Waals surface area contributed by atoms with Crippen LogP contribution in [0.25, 0.3) is 0 Å². The highest BCUT2D eigenvalue weighted by molar-refractivity contribution is 6.01. The molecule has 0 saturated carbocycles. The van der Waals surface area contributed by atoms with Gasteiger partial charge < -0.3 is 24.4 Å². The number of benzene rings is 3. The lowest BCUT2D eigenvalue weighted by Gasteiger charge is -2.39. The van der Waals surface area contributed by atoms with Crippen LogP contribution in [-0.4, -0.2) is 51.6 Å². The molecule has 0 spiro atoms. The summed E-state index contributed by atoms with van der Waals surface area (Å²) in [4.78, 5) is 28.4. The molecule has 0 radical (unpaired) electrons. The summed E-state index contributed by atoms with van der Waals surface area (Å²) in [5.41, 5.74) is 3.18. The molecule has 1 aliphatic rings. The highest BCUT2D eigenvalue weighted by Gasteiger charge is 2.42. The van der Waals surface area contributed by atoms with Gasteiger partial charge in [-0.15, -0.1) is 0 Å². The molecular weight excluding hydrogens is 444 g/mol. The molecule has 0 saturated heterocycles. The smallest absolute Gasteiger partial charge is 0.254 e. The van der Waals surface area contributed by atoms with E-state index in [9.17, 15) is 9.59 Å². The second-order valence-corrected chi connectivity index (χ2v) is 8.43. The van der Waals surface area contributed by atoms with Crippen LogP contribution in [0.3, 0.4) is 0 Å². The van der Waals surface area contributed by atoms with Crippen molar-refractivity contribution >= 4 is 11.8 Å². The molecule has 7 heteroatoms. The Bertz CT molecular complexity index is 1210. The lowest BCUT2D eigenvalue weighted by Crippen LogP contribution is -2.45. The van der Waals surface area contributed by atoms with Gasteiger partial charge in [-0.05, 0) is 53.4 Å². The van der Waals surface area contributed by atoms with Crippen LogP contribution >= 0.6 is 0 Å². The molecule has 35 heavy (non-hydrogen) atoms. The molecule has 1 aliphatic heterocycles. The van der Waals surface area contributed by atoms with Crippen LogP contribution in [0.1, 0.15) is 39.0 Å². The SMILES string of the molecule is COc1ccc([C@@H]2[C@@H](C(=O)NCCc3ccc(OC)c(OC)c3)c3ccccc3C(=O)N2C)cc1. The fourth-order valence-electron chi connectivity index (χ4n) is 4.65. The molecule has 7 nitrogen and oxygen atoms in total. The second-order valence-electron chi connectivity index (χ2n) is 8.43. The maximum atomic E-state index is 13.6. The summed E-state index contributed by atoms with van der Waals surface area (Å²) in [6, 6.07) is 20.1. The lowest BCUT2D eigenvalue weighted by atomic mass is 9.79. The Morgan fingerprint density at radius 1 is 0.914 bits per heavy atom. The van der Waals surface area contributed by atoms with Gasteiger partial charge in [0.15, 0.2) is 11.5 Å². The summed E-state index contributed by atoms with van der Waals surface area (Å²) in [6.07, 6.45) is 0.627. The number of ether oxygens (including phenoxy) is 3. The minimum absolute atomic E-state index is 0.101. The van der Waals surface area contributed by atoms with E-state index < -0.39 is 12.0 Å². The van der Waals surface area contributed by atoms with Crippen molar-refractivity contribution in [2.75, 3.05) is 34.9 Å². The molecule has 1 heterocycles. The van der Waals surface area contributed by atoms with Crippen molar-refractivity contribution in [2.45, 2.75) is 18.4 Å². The first-order chi connectivity index (χ1) is 17.0. The van der Waals surface area contributed by atoms with E-state index >= 15 is 0 Å². The van der Waals surface area contributed by atoms with Crippen LogP contribution < -0.4 is 19.5 Å². The molecule has 2 atom stereocenters. The number of likely N-dealkylation sites (N-methyl/N-ethyl adjacent to an activating group) is 1. The topological polar surface area (TPSA) is 77.1 Å². The van der Waals surface area contributed by atoms with Gasteiger partial charge >= 0.3 is 0 Å². The number of hydrogen-bond donors (Lipinski definition) is 1. The van der Waals surface area contributed by atoms with Gasteiger partial charge in [-0.3, -0.25) is 9.59 Å². The highest BCUT2D eigenvalue weighted by Crippen LogP contribution is 2.42. The Kier molecular flexibility index (Phi) is 7.25. The van der Waals surface area contributed by atoms with Crippen LogP contribution in [0, 0.1) is 0 Å². The molecule has 4 rings (SSSR count). The predicted octanol–water partition coefficient (Wildman–Crippen LogP) is 3.98. The molecule has 0 aliphatic carbocycles. The van der Waals surface area contributed by atoms with Gasteiger partial charge in [-0.25, -0.2) is 0 Å². The molecule has 0 bridgehead atoms. The zero-order valence-corrected chi connectivity index (χ0v) is 20.4. The van der Waals surface area contributed by atoms with Gasteiger partial charge in [-0.1, -0.05) is 36.4 Å². The van der Waals surface area contributed by atoms with E-state index in [4.69, 9.17) is 14.2 Å². The Balaban J connectivity index is 1.59. The summed E-state index contributed by atoms with van der Waals surface area (Å²) < 4.78 is 16.0. The van der Waals surface area contributed by atoms with E-state index in [1.54, 1.807) is 39.3 Å². The molecule has 3 aromatic rings. The van der Waals surface area contributed by atoms with E-state index in [1.165, 1.54) is 0 Å². The number of nitrogens with one attached hydrogen (secondary N) is 1. The average molecular weight is 475 g/mol. The number of rotatable bonds is 8. The number of carbonyl (C=O) groups excluding carboxylic acids is 2. The molecule has 0 fully saturated rings. The third-order valence-corrected chi connectivity index (χ3v) is 6.48. The van der Waals surface area contributed by atoms with Gasteiger partial charge in [0, 0.05) is 19.2 Å². The largest absolute Gasteiger partial charge is 0.497 e. The van der Waals surface area contributed by atoms with Crippen LogP contribution in [0.2, 0.25) is 0 Å². The Hall–Kier alpha value is -4.00. The first kappa shape index (κ1) is 24.1. The third kappa shape index (κ3) is 4.80. The minimum atomic E-state index is -0.548. The van der Waals surface area contributed by atoms with Gasteiger partial charge in [-0.2, -0.15) is 0 Å². The number of carbonyl (C=O) groups is 2. The van der Waals surface area contributed by atoms with E-state index in [2.05, 4.69) is 5.32 Å². The van der Waals surface area contributed by atoms with Crippen molar-refractivity contribution < 1.29 is 23.8 Å². The fourth-order valence-corrected chi connectivity index (χ4v) is 4.65. The van der Waals surface area contributed by atoms with Crippen molar-refractivity contribution in [1.29, 1.82) is 0 Å². The Labute approximate surface area is 205 Å². The van der Waals surface area contributed by atoms with Gasteiger partial charge in [0.05, 0.1) is 33.3 Å². The summed E-state index contributed by atoms with van der Waals surface area (Å²) in [6.45, 7) is 0.444. The summed E-state index contributed by atoms with van der Waals surface area (Å²) >= 11 is 0. The van der Waals surface area contributed by atoms with Crippen molar-refractivity contribution in [3.8, 4) is 17.2 Å². The quantitative estimate of drug-likeness (QED) is 0.534. The number of amides is 2. The molecule has 0 aromatic heterocycles. The zero-order valence-electron chi connectivity index (χ0n) is 20.4. The highest BCUT2D eigenvalue weighted by atomic mass is 16.5. The molecule has 182 valence electrons. The summed E-state index contributed by atoms with van der Waals surface area (Å²) in [7, 11) is 6.55. The van der Waals surface area contributed by atoms with Crippen molar-refractivity contribution in [2.24, 2.45) is 0 Å². The Morgan fingerprint density at radius 3 is 2.31 bits per heavy atom. The van der Waals surface area contributed by atoms with Crippen LogP contribution in [0.15, 0.2) is 66.7 Å².